The Hall–Kier alpha value is -3.00. The molecule has 1 aliphatic rings. The number of carbonyl (C=O) groups is 2. The third-order valence-corrected chi connectivity index (χ3v) is 5.69. The van der Waals surface area contributed by atoms with Gasteiger partial charge in [0.25, 0.3) is 5.91 Å². The van der Waals surface area contributed by atoms with Crippen molar-refractivity contribution in [3.8, 4) is 0 Å². The topological polar surface area (TPSA) is 94.5 Å². The number of aromatic amines is 1. The lowest BCUT2D eigenvalue weighted by Crippen LogP contribution is -2.52. The van der Waals surface area contributed by atoms with Crippen molar-refractivity contribution in [2.75, 3.05) is 20.1 Å². The van der Waals surface area contributed by atoms with Crippen molar-refractivity contribution in [3.05, 3.63) is 52.5 Å². The number of likely N-dealkylation sites (tertiary alicyclic amines) is 1. The van der Waals surface area contributed by atoms with Crippen molar-refractivity contribution in [2.45, 2.75) is 32.4 Å². The number of urea groups is 1. The zero-order valence-electron chi connectivity index (χ0n) is 16.9. The van der Waals surface area contributed by atoms with E-state index < -0.39 is 0 Å². The smallest absolute Gasteiger partial charge is 0.317 e. The van der Waals surface area contributed by atoms with Gasteiger partial charge in [0.15, 0.2) is 0 Å². The van der Waals surface area contributed by atoms with Gasteiger partial charge in [-0.2, -0.15) is 0 Å². The second-order valence-corrected chi connectivity index (χ2v) is 8.11. The molecule has 30 heavy (non-hydrogen) atoms. The largest absolute Gasteiger partial charge is 0.357 e. The van der Waals surface area contributed by atoms with E-state index in [1.165, 1.54) is 0 Å². The van der Waals surface area contributed by atoms with Gasteiger partial charge in [0.2, 0.25) is 5.76 Å². The molecule has 1 atom stereocenters. The second kappa shape index (κ2) is 8.39. The van der Waals surface area contributed by atoms with Crippen LogP contribution < -0.4 is 5.32 Å². The number of H-pyrrole nitrogens is 1. The summed E-state index contributed by atoms with van der Waals surface area (Å²) in [5.74, 6) is 0.0463. The molecule has 158 valence electrons. The van der Waals surface area contributed by atoms with Crippen LogP contribution in [0.1, 0.15) is 34.8 Å². The summed E-state index contributed by atoms with van der Waals surface area (Å²) in [4.78, 5) is 32.0. The number of likely N-dealkylation sites (N-methyl/N-ethyl adjacent to an activating group) is 1. The summed E-state index contributed by atoms with van der Waals surface area (Å²) >= 11 is 6.03. The quantitative estimate of drug-likeness (QED) is 0.662. The highest BCUT2D eigenvalue weighted by atomic mass is 35.5. The zero-order valence-corrected chi connectivity index (χ0v) is 17.7. The van der Waals surface area contributed by atoms with Gasteiger partial charge in [-0.25, -0.2) is 4.79 Å². The molecule has 2 aromatic heterocycles. The molecule has 0 saturated carbocycles. The molecular weight excluding hydrogens is 406 g/mol. The summed E-state index contributed by atoms with van der Waals surface area (Å²) in [5, 5.41) is 8.40. The van der Waals surface area contributed by atoms with E-state index in [9.17, 15) is 9.59 Å². The molecule has 0 radical (unpaired) electrons. The van der Waals surface area contributed by atoms with Crippen LogP contribution in [0.4, 0.5) is 4.79 Å². The molecule has 1 fully saturated rings. The summed E-state index contributed by atoms with van der Waals surface area (Å²) in [5.41, 5.74) is 2.54. The first kappa shape index (κ1) is 20.3. The standard InChI is InChI=1S/C21H24ClN5O3/c1-13-8-19(30-25-13)20(28)27-7-3-4-17(12-27)26(2)21(29)23-11-16-10-14-9-15(22)5-6-18(14)24-16/h5-6,8-10,17,24H,3-4,7,11-12H2,1-2H3,(H,23,29). The van der Waals surface area contributed by atoms with Gasteiger partial charge in [0.05, 0.1) is 18.3 Å². The first-order valence-electron chi connectivity index (χ1n) is 9.91. The molecule has 0 bridgehead atoms. The number of rotatable bonds is 4. The Labute approximate surface area is 179 Å². The monoisotopic (exact) mass is 429 g/mol. The average molecular weight is 430 g/mol. The highest BCUT2D eigenvalue weighted by molar-refractivity contribution is 6.31. The molecule has 1 saturated heterocycles. The Bertz CT molecular complexity index is 1080. The highest BCUT2D eigenvalue weighted by Crippen LogP contribution is 2.21. The third-order valence-electron chi connectivity index (χ3n) is 5.46. The van der Waals surface area contributed by atoms with Crippen molar-refractivity contribution in [1.82, 2.24) is 25.3 Å². The van der Waals surface area contributed by atoms with E-state index >= 15 is 0 Å². The average Bonchev–Trinajstić information content (AvgIpc) is 3.36. The van der Waals surface area contributed by atoms with E-state index in [4.69, 9.17) is 16.1 Å². The Balaban J connectivity index is 1.35. The number of nitrogens with one attached hydrogen (secondary N) is 2. The number of hydrogen-bond donors (Lipinski definition) is 2. The van der Waals surface area contributed by atoms with E-state index in [2.05, 4.69) is 15.5 Å². The second-order valence-electron chi connectivity index (χ2n) is 7.68. The van der Waals surface area contributed by atoms with Gasteiger partial charge in [-0.15, -0.1) is 0 Å². The number of halogens is 1. The van der Waals surface area contributed by atoms with Crippen LogP contribution in [-0.4, -0.2) is 58.1 Å². The molecule has 8 nitrogen and oxygen atoms in total. The molecule has 0 aliphatic carbocycles. The molecule has 2 N–H and O–H groups in total. The van der Waals surface area contributed by atoms with Crippen LogP contribution in [0, 0.1) is 6.92 Å². The number of aromatic nitrogens is 2. The van der Waals surface area contributed by atoms with Crippen molar-refractivity contribution >= 4 is 34.4 Å². The third kappa shape index (κ3) is 4.28. The zero-order chi connectivity index (χ0) is 21.3. The Morgan fingerprint density at radius 2 is 2.20 bits per heavy atom. The minimum absolute atomic E-state index is 0.0618. The molecular formula is C21H24ClN5O3. The molecule has 3 heterocycles. The maximum absolute atomic E-state index is 12.7. The predicted octanol–water partition coefficient (Wildman–Crippen LogP) is 3.56. The lowest BCUT2D eigenvalue weighted by molar-refractivity contribution is 0.0596. The number of nitrogens with zero attached hydrogens (tertiary/aromatic N) is 3. The molecule has 9 heteroatoms. The molecule has 0 spiro atoms. The van der Waals surface area contributed by atoms with Crippen LogP contribution in [0.5, 0.6) is 0 Å². The van der Waals surface area contributed by atoms with Crippen LogP contribution in [0.3, 0.4) is 0 Å². The number of hydrogen-bond acceptors (Lipinski definition) is 4. The molecule has 3 amide bonds. The number of carbonyl (C=O) groups excluding carboxylic acids is 2. The number of fused-ring (bicyclic) bond motifs is 1. The molecule has 1 aliphatic heterocycles. The summed E-state index contributed by atoms with van der Waals surface area (Å²) in [6.45, 7) is 3.26. The number of benzene rings is 1. The van der Waals surface area contributed by atoms with Crippen molar-refractivity contribution < 1.29 is 14.1 Å². The van der Waals surface area contributed by atoms with Crippen molar-refractivity contribution in [1.29, 1.82) is 0 Å². The van der Waals surface area contributed by atoms with E-state index in [1.54, 1.807) is 29.8 Å². The molecule has 4 rings (SSSR count). The van der Waals surface area contributed by atoms with Crippen LogP contribution in [0.2, 0.25) is 5.02 Å². The van der Waals surface area contributed by atoms with Crippen molar-refractivity contribution in [2.24, 2.45) is 0 Å². The van der Waals surface area contributed by atoms with Gasteiger partial charge in [0, 0.05) is 47.8 Å². The lowest BCUT2D eigenvalue weighted by Gasteiger charge is -2.37. The molecule has 1 aromatic carbocycles. The Morgan fingerprint density at radius 3 is 2.97 bits per heavy atom. The Morgan fingerprint density at radius 1 is 1.37 bits per heavy atom. The van der Waals surface area contributed by atoms with E-state index in [1.807, 2.05) is 24.3 Å². The van der Waals surface area contributed by atoms with E-state index in [-0.39, 0.29) is 23.7 Å². The van der Waals surface area contributed by atoms with Gasteiger partial charge >= 0.3 is 6.03 Å². The normalized spacial score (nSPS) is 16.6. The molecule has 1 unspecified atom stereocenters. The summed E-state index contributed by atoms with van der Waals surface area (Å²) in [6.07, 6.45) is 1.66. The van der Waals surface area contributed by atoms with Crippen LogP contribution in [0.15, 0.2) is 34.9 Å². The predicted molar refractivity (Wildman–Crippen MR) is 113 cm³/mol. The first-order valence-corrected chi connectivity index (χ1v) is 10.3. The minimum atomic E-state index is -0.189. The maximum atomic E-state index is 12.7. The summed E-state index contributed by atoms with van der Waals surface area (Å²) in [6, 6.07) is 8.99. The minimum Gasteiger partial charge on any atom is -0.357 e. The van der Waals surface area contributed by atoms with Gasteiger partial charge in [-0.05, 0) is 44.0 Å². The highest BCUT2D eigenvalue weighted by Gasteiger charge is 2.30. The van der Waals surface area contributed by atoms with Gasteiger partial charge in [-0.3, -0.25) is 4.79 Å². The Kier molecular flexibility index (Phi) is 5.67. The van der Waals surface area contributed by atoms with Gasteiger partial charge in [-0.1, -0.05) is 16.8 Å². The SMILES string of the molecule is Cc1cc(C(=O)N2CCCC(N(C)C(=O)NCc3cc4cc(Cl)ccc4[nH]3)C2)on1. The number of piperidine rings is 1. The fourth-order valence-electron chi connectivity index (χ4n) is 3.80. The van der Waals surface area contributed by atoms with Crippen LogP contribution in [-0.2, 0) is 6.54 Å². The van der Waals surface area contributed by atoms with Crippen molar-refractivity contribution in [3.63, 3.8) is 0 Å². The maximum Gasteiger partial charge on any atom is 0.317 e. The van der Waals surface area contributed by atoms with Crippen LogP contribution >= 0.6 is 11.6 Å². The fraction of sp³-hybridized carbons (Fsp3) is 0.381. The van der Waals surface area contributed by atoms with Gasteiger partial charge in [0.1, 0.15) is 0 Å². The molecule has 3 aromatic rings. The summed E-state index contributed by atoms with van der Waals surface area (Å²) in [7, 11) is 1.76. The van der Waals surface area contributed by atoms with Gasteiger partial charge < -0.3 is 24.6 Å². The first-order chi connectivity index (χ1) is 14.4. The van der Waals surface area contributed by atoms with Crippen LogP contribution in [0.25, 0.3) is 10.9 Å². The van der Waals surface area contributed by atoms with E-state index in [0.29, 0.717) is 30.4 Å². The van der Waals surface area contributed by atoms with E-state index in [0.717, 1.165) is 29.4 Å². The lowest BCUT2D eigenvalue weighted by atomic mass is 10.0. The summed E-state index contributed by atoms with van der Waals surface area (Å²) < 4.78 is 5.10. The fourth-order valence-corrected chi connectivity index (χ4v) is 3.98. The number of amides is 3. The number of aryl methyl sites for hydroxylation is 1.